The lowest BCUT2D eigenvalue weighted by atomic mass is 10.1. The van der Waals surface area contributed by atoms with Crippen LogP contribution in [0.1, 0.15) is 41.2 Å². The molecule has 0 aliphatic heterocycles. The minimum absolute atomic E-state index is 0.0761. The molecule has 2 heterocycles. The highest BCUT2D eigenvalue weighted by molar-refractivity contribution is 5.94. The third-order valence-corrected chi connectivity index (χ3v) is 5.74. The van der Waals surface area contributed by atoms with Crippen molar-refractivity contribution in [3.05, 3.63) is 81.2 Å². The number of esters is 1. The van der Waals surface area contributed by atoms with Crippen molar-refractivity contribution < 1.29 is 14.5 Å². The first kappa shape index (κ1) is 23.7. The van der Waals surface area contributed by atoms with Crippen LogP contribution in [0.3, 0.4) is 0 Å². The molecule has 0 aliphatic rings. The number of rotatable bonds is 8. The zero-order chi connectivity index (χ0) is 25.1. The molecular formula is C25H26N6O4. The zero-order valence-electron chi connectivity index (χ0n) is 20.0. The number of anilines is 1. The van der Waals surface area contributed by atoms with Crippen LogP contribution in [-0.2, 0) is 11.3 Å². The summed E-state index contributed by atoms with van der Waals surface area (Å²) in [6, 6.07) is 14.3. The Balaban J connectivity index is 1.64. The van der Waals surface area contributed by atoms with Gasteiger partial charge in [-0.2, -0.15) is 5.10 Å². The fraction of sp³-hybridized carbons (Fsp3) is 0.240. The summed E-state index contributed by atoms with van der Waals surface area (Å²) in [6.07, 6.45) is 1.69. The van der Waals surface area contributed by atoms with E-state index < -0.39 is 10.9 Å². The molecule has 35 heavy (non-hydrogen) atoms. The number of para-hydroxylation sites is 2. The van der Waals surface area contributed by atoms with Crippen molar-refractivity contribution in [2.75, 3.05) is 12.0 Å². The number of aryl methyl sites for hydroxylation is 2. The van der Waals surface area contributed by atoms with E-state index in [-0.39, 0.29) is 17.9 Å². The van der Waals surface area contributed by atoms with Gasteiger partial charge in [0.15, 0.2) is 0 Å². The number of nitro benzene ring substituents is 1. The van der Waals surface area contributed by atoms with Gasteiger partial charge in [-0.05, 0) is 58.0 Å². The summed E-state index contributed by atoms with van der Waals surface area (Å²) < 4.78 is 8.87. The van der Waals surface area contributed by atoms with Gasteiger partial charge < -0.3 is 13.9 Å². The minimum atomic E-state index is -0.719. The molecule has 0 atom stereocenters. The summed E-state index contributed by atoms with van der Waals surface area (Å²) in [7, 11) is 0. The maximum Gasteiger partial charge on any atom is 0.345 e. The van der Waals surface area contributed by atoms with E-state index in [1.165, 1.54) is 12.1 Å². The number of fused-ring (bicyclic) bond motifs is 1. The van der Waals surface area contributed by atoms with Crippen LogP contribution in [0.4, 0.5) is 11.6 Å². The number of aromatic nitrogens is 3. The number of benzene rings is 2. The van der Waals surface area contributed by atoms with Gasteiger partial charge in [0.05, 0.1) is 34.5 Å². The smallest absolute Gasteiger partial charge is 0.345 e. The minimum Gasteiger partial charge on any atom is -0.462 e. The van der Waals surface area contributed by atoms with E-state index in [1.807, 2.05) is 60.2 Å². The molecule has 0 saturated heterocycles. The molecule has 0 spiro atoms. The van der Waals surface area contributed by atoms with Crippen molar-refractivity contribution in [3.63, 3.8) is 0 Å². The predicted octanol–water partition coefficient (Wildman–Crippen LogP) is 4.99. The maximum atomic E-state index is 12.1. The first-order valence-corrected chi connectivity index (χ1v) is 11.2. The van der Waals surface area contributed by atoms with E-state index in [0.717, 1.165) is 34.5 Å². The Bertz CT molecular complexity index is 1450. The molecule has 0 amide bonds. The van der Waals surface area contributed by atoms with Crippen LogP contribution >= 0.6 is 0 Å². The van der Waals surface area contributed by atoms with E-state index in [4.69, 9.17) is 4.74 Å². The third kappa shape index (κ3) is 4.50. The number of ether oxygens (including phenoxy) is 1. The van der Waals surface area contributed by atoms with Crippen molar-refractivity contribution in [2.45, 2.75) is 34.2 Å². The maximum absolute atomic E-state index is 12.1. The zero-order valence-corrected chi connectivity index (χ0v) is 20.0. The molecule has 0 saturated carbocycles. The number of hydrogen-bond acceptors (Lipinski definition) is 7. The molecule has 4 aromatic rings. The second-order valence-corrected chi connectivity index (χ2v) is 7.88. The lowest BCUT2D eigenvalue weighted by Gasteiger charge is -2.11. The monoisotopic (exact) mass is 474 g/mol. The van der Waals surface area contributed by atoms with E-state index in [0.29, 0.717) is 11.6 Å². The molecule has 0 unspecified atom stereocenters. The lowest BCUT2D eigenvalue weighted by molar-refractivity contribution is -0.385. The van der Waals surface area contributed by atoms with Gasteiger partial charge in [0, 0.05) is 29.6 Å². The number of hydrogen-bond donors (Lipinski definition) is 1. The number of carbonyl (C=O) groups is 1. The summed E-state index contributed by atoms with van der Waals surface area (Å²) in [5.74, 6) is -0.0763. The third-order valence-electron chi connectivity index (χ3n) is 5.74. The average Bonchev–Trinajstić information content (AvgIpc) is 3.34. The highest BCUT2D eigenvalue weighted by Crippen LogP contribution is 2.27. The van der Waals surface area contributed by atoms with Crippen molar-refractivity contribution >= 4 is 34.9 Å². The standard InChI is InChI=1S/C25H26N6O4/c1-5-29-22-10-8-7-9-21(22)27-25(29)28-26-15-18-13-16(3)30(17(18)4)19-11-12-20(24(32)35-6-2)23(14-19)31(33)34/h7-15H,5-6H2,1-4H3,(H,27,28)/b26-15-. The molecular weight excluding hydrogens is 448 g/mol. The number of imidazole rings is 1. The Morgan fingerprint density at radius 2 is 1.97 bits per heavy atom. The molecule has 2 aromatic heterocycles. The molecule has 0 aliphatic carbocycles. The van der Waals surface area contributed by atoms with Gasteiger partial charge >= 0.3 is 5.97 Å². The molecule has 10 nitrogen and oxygen atoms in total. The van der Waals surface area contributed by atoms with Crippen molar-refractivity contribution in [1.29, 1.82) is 0 Å². The fourth-order valence-electron chi connectivity index (χ4n) is 4.15. The highest BCUT2D eigenvalue weighted by Gasteiger charge is 2.23. The van der Waals surface area contributed by atoms with Gasteiger partial charge in [0.2, 0.25) is 5.95 Å². The largest absolute Gasteiger partial charge is 0.462 e. The highest BCUT2D eigenvalue weighted by atomic mass is 16.6. The lowest BCUT2D eigenvalue weighted by Crippen LogP contribution is -2.09. The van der Waals surface area contributed by atoms with Gasteiger partial charge in [-0.1, -0.05) is 12.1 Å². The van der Waals surface area contributed by atoms with Crippen molar-refractivity contribution in [3.8, 4) is 5.69 Å². The second-order valence-electron chi connectivity index (χ2n) is 7.88. The normalized spacial score (nSPS) is 11.3. The molecule has 10 heteroatoms. The predicted molar refractivity (Wildman–Crippen MR) is 134 cm³/mol. The summed E-state index contributed by atoms with van der Waals surface area (Å²) in [4.78, 5) is 27.8. The molecule has 0 radical (unpaired) electrons. The van der Waals surface area contributed by atoms with E-state index in [1.54, 1.807) is 19.2 Å². The van der Waals surface area contributed by atoms with Crippen LogP contribution in [0.25, 0.3) is 16.7 Å². The summed E-state index contributed by atoms with van der Waals surface area (Å²) in [5.41, 5.74) is 7.68. The van der Waals surface area contributed by atoms with Crippen LogP contribution in [0.2, 0.25) is 0 Å². The van der Waals surface area contributed by atoms with Gasteiger partial charge in [-0.3, -0.25) is 10.1 Å². The van der Waals surface area contributed by atoms with Crippen LogP contribution in [0, 0.1) is 24.0 Å². The molecule has 1 N–H and O–H groups in total. The van der Waals surface area contributed by atoms with Crippen LogP contribution in [-0.4, -0.2) is 37.8 Å². The van der Waals surface area contributed by atoms with Gasteiger partial charge in [-0.15, -0.1) is 0 Å². The number of nitrogens with zero attached hydrogens (tertiary/aromatic N) is 5. The van der Waals surface area contributed by atoms with E-state index in [2.05, 4.69) is 15.5 Å². The Morgan fingerprint density at radius 1 is 1.20 bits per heavy atom. The molecule has 0 bridgehead atoms. The molecule has 2 aromatic carbocycles. The Morgan fingerprint density at radius 3 is 2.69 bits per heavy atom. The Kier molecular flexibility index (Phi) is 6.63. The first-order valence-electron chi connectivity index (χ1n) is 11.2. The number of nitro groups is 1. The van der Waals surface area contributed by atoms with Gasteiger partial charge in [0.1, 0.15) is 5.56 Å². The summed E-state index contributed by atoms with van der Waals surface area (Å²) in [6.45, 7) is 8.38. The fourth-order valence-corrected chi connectivity index (χ4v) is 4.15. The topological polar surface area (TPSA) is 117 Å². The quantitative estimate of drug-likeness (QED) is 0.166. The van der Waals surface area contributed by atoms with Crippen LogP contribution in [0.15, 0.2) is 53.6 Å². The molecule has 4 rings (SSSR count). The first-order chi connectivity index (χ1) is 16.8. The number of hydrazone groups is 1. The average molecular weight is 475 g/mol. The van der Waals surface area contributed by atoms with E-state index in [9.17, 15) is 14.9 Å². The number of carbonyl (C=O) groups excluding carboxylic acids is 1. The SMILES string of the molecule is CCOC(=O)c1ccc(-n2c(C)cc(/C=N\Nc3nc4ccccc4n3CC)c2C)cc1[N+](=O)[O-]. The second kappa shape index (κ2) is 9.80. The van der Waals surface area contributed by atoms with Crippen molar-refractivity contribution in [2.24, 2.45) is 5.10 Å². The Labute approximate surface area is 202 Å². The number of nitrogens with one attached hydrogen (secondary N) is 1. The molecule has 180 valence electrons. The van der Waals surface area contributed by atoms with Crippen molar-refractivity contribution in [1.82, 2.24) is 14.1 Å². The van der Waals surface area contributed by atoms with Crippen LogP contribution < -0.4 is 5.43 Å². The van der Waals surface area contributed by atoms with E-state index >= 15 is 0 Å². The van der Waals surface area contributed by atoms with Gasteiger partial charge in [-0.25, -0.2) is 15.2 Å². The summed E-state index contributed by atoms with van der Waals surface area (Å²) in [5, 5.41) is 16.0. The van der Waals surface area contributed by atoms with Crippen LogP contribution in [0.5, 0.6) is 0 Å². The Hall–Kier alpha value is -4.47. The molecule has 0 fully saturated rings. The summed E-state index contributed by atoms with van der Waals surface area (Å²) >= 11 is 0. The van der Waals surface area contributed by atoms with Gasteiger partial charge in [0.25, 0.3) is 5.69 Å².